The van der Waals surface area contributed by atoms with E-state index in [1.54, 1.807) is 25.2 Å². The van der Waals surface area contributed by atoms with Gasteiger partial charge in [0.05, 0.1) is 18.8 Å². The van der Waals surface area contributed by atoms with Gasteiger partial charge in [-0.3, -0.25) is 4.98 Å². The zero-order chi connectivity index (χ0) is 13.8. The molecule has 0 spiro atoms. The van der Waals surface area contributed by atoms with E-state index in [0.717, 1.165) is 11.4 Å². The number of hydrogen-bond acceptors (Lipinski definition) is 3. The second kappa shape index (κ2) is 5.80. The van der Waals surface area contributed by atoms with Gasteiger partial charge in [-0.15, -0.1) is 0 Å². The van der Waals surface area contributed by atoms with Gasteiger partial charge < -0.3 is 10.1 Å². The number of aromatic nitrogens is 1. The first-order chi connectivity index (χ1) is 9.17. The van der Waals surface area contributed by atoms with Crippen molar-refractivity contribution in [3.05, 3.63) is 59.2 Å². The van der Waals surface area contributed by atoms with Crippen LogP contribution in [-0.4, -0.2) is 19.1 Å². The molecule has 1 atom stereocenters. The molecule has 1 aromatic heterocycles. The number of aryl methyl sites for hydroxylation is 1. The van der Waals surface area contributed by atoms with Crippen LogP contribution in [0.1, 0.15) is 23.0 Å². The van der Waals surface area contributed by atoms with Crippen molar-refractivity contribution in [2.45, 2.75) is 13.0 Å². The van der Waals surface area contributed by atoms with Gasteiger partial charge in [0.15, 0.2) is 11.6 Å². The Morgan fingerprint density at radius 3 is 2.58 bits per heavy atom. The van der Waals surface area contributed by atoms with Crippen LogP contribution in [0.15, 0.2) is 36.4 Å². The highest BCUT2D eigenvalue weighted by atomic mass is 19.1. The summed E-state index contributed by atoms with van der Waals surface area (Å²) in [6.07, 6.45) is 0. The normalized spacial score (nSPS) is 12.2. The number of methoxy groups -OCH3 is 1. The van der Waals surface area contributed by atoms with Gasteiger partial charge >= 0.3 is 0 Å². The lowest BCUT2D eigenvalue weighted by atomic mass is 10.0. The van der Waals surface area contributed by atoms with Crippen LogP contribution in [0.5, 0.6) is 5.75 Å². The average Bonchev–Trinajstić information content (AvgIpc) is 2.41. The third-order valence-electron chi connectivity index (χ3n) is 3.02. The monoisotopic (exact) mass is 260 g/mol. The Balaban J connectivity index is 2.48. The number of ether oxygens (including phenoxy) is 1. The van der Waals surface area contributed by atoms with Gasteiger partial charge in [0.2, 0.25) is 0 Å². The highest BCUT2D eigenvalue weighted by molar-refractivity contribution is 5.36. The first kappa shape index (κ1) is 13.5. The minimum atomic E-state index is -0.354. The second-order valence-corrected chi connectivity index (χ2v) is 4.29. The molecule has 1 heterocycles. The van der Waals surface area contributed by atoms with Crippen LogP contribution in [-0.2, 0) is 0 Å². The average molecular weight is 260 g/mol. The van der Waals surface area contributed by atoms with E-state index >= 15 is 0 Å². The third-order valence-corrected chi connectivity index (χ3v) is 3.02. The smallest absolute Gasteiger partial charge is 0.170 e. The number of benzene rings is 1. The lowest BCUT2D eigenvalue weighted by Gasteiger charge is -2.18. The molecule has 0 aliphatic rings. The van der Waals surface area contributed by atoms with Crippen LogP contribution < -0.4 is 10.1 Å². The molecule has 100 valence electrons. The molecule has 2 rings (SSSR count). The third kappa shape index (κ3) is 2.74. The summed E-state index contributed by atoms with van der Waals surface area (Å²) in [5, 5.41) is 3.10. The molecule has 0 saturated heterocycles. The van der Waals surface area contributed by atoms with Crippen molar-refractivity contribution in [2.24, 2.45) is 0 Å². The summed E-state index contributed by atoms with van der Waals surface area (Å²) in [4.78, 5) is 4.45. The molecular weight excluding hydrogens is 243 g/mol. The van der Waals surface area contributed by atoms with Crippen molar-refractivity contribution in [3.63, 3.8) is 0 Å². The van der Waals surface area contributed by atoms with E-state index in [2.05, 4.69) is 10.3 Å². The van der Waals surface area contributed by atoms with Crippen LogP contribution in [0.4, 0.5) is 4.39 Å². The highest BCUT2D eigenvalue weighted by Gasteiger charge is 2.19. The van der Waals surface area contributed by atoms with Gasteiger partial charge in [-0.05, 0) is 32.2 Å². The molecular formula is C15H17FN2O. The summed E-state index contributed by atoms with van der Waals surface area (Å²) >= 11 is 0. The van der Waals surface area contributed by atoms with Crippen molar-refractivity contribution in [1.29, 1.82) is 0 Å². The van der Waals surface area contributed by atoms with E-state index in [9.17, 15) is 4.39 Å². The first-order valence-electron chi connectivity index (χ1n) is 6.10. The lowest BCUT2D eigenvalue weighted by molar-refractivity contribution is 0.382. The summed E-state index contributed by atoms with van der Waals surface area (Å²) in [6.45, 7) is 1.91. The first-order valence-corrected chi connectivity index (χ1v) is 6.10. The van der Waals surface area contributed by atoms with Gasteiger partial charge in [-0.2, -0.15) is 0 Å². The zero-order valence-corrected chi connectivity index (χ0v) is 11.3. The maximum Gasteiger partial charge on any atom is 0.170 e. The zero-order valence-electron chi connectivity index (χ0n) is 11.3. The molecule has 1 aromatic carbocycles. The highest BCUT2D eigenvalue weighted by Crippen LogP contribution is 2.28. The summed E-state index contributed by atoms with van der Waals surface area (Å²) in [5.41, 5.74) is 2.22. The molecule has 0 aliphatic carbocycles. The van der Waals surface area contributed by atoms with E-state index in [4.69, 9.17) is 4.74 Å². The number of pyridine rings is 1. The molecule has 0 aliphatic heterocycles. The Hall–Kier alpha value is -1.94. The number of hydrogen-bond donors (Lipinski definition) is 1. The fourth-order valence-corrected chi connectivity index (χ4v) is 2.10. The van der Waals surface area contributed by atoms with Crippen molar-refractivity contribution >= 4 is 0 Å². The summed E-state index contributed by atoms with van der Waals surface area (Å²) in [6, 6.07) is 10.5. The number of halogens is 1. The van der Waals surface area contributed by atoms with Crippen molar-refractivity contribution in [2.75, 3.05) is 14.2 Å². The van der Waals surface area contributed by atoms with Gasteiger partial charge in [-0.1, -0.05) is 18.2 Å². The Labute approximate surface area is 112 Å². The molecule has 3 nitrogen and oxygen atoms in total. The van der Waals surface area contributed by atoms with Gasteiger partial charge in [0, 0.05) is 11.3 Å². The fourth-order valence-electron chi connectivity index (χ4n) is 2.10. The molecule has 1 unspecified atom stereocenters. The van der Waals surface area contributed by atoms with Crippen LogP contribution in [0.25, 0.3) is 0 Å². The van der Waals surface area contributed by atoms with Gasteiger partial charge in [-0.25, -0.2) is 4.39 Å². The Bertz CT molecular complexity index is 572. The summed E-state index contributed by atoms with van der Waals surface area (Å²) in [5.74, 6) is -0.113. The molecule has 0 radical (unpaired) electrons. The van der Waals surface area contributed by atoms with E-state index in [1.807, 2.05) is 25.1 Å². The van der Waals surface area contributed by atoms with E-state index in [0.29, 0.717) is 5.56 Å². The minimum Gasteiger partial charge on any atom is -0.494 e. The predicted molar refractivity (Wildman–Crippen MR) is 72.8 cm³/mol. The van der Waals surface area contributed by atoms with E-state index in [-0.39, 0.29) is 17.6 Å². The largest absolute Gasteiger partial charge is 0.494 e. The van der Waals surface area contributed by atoms with Gasteiger partial charge in [0.25, 0.3) is 0 Å². The van der Waals surface area contributed by atoms with Crippen LogP contribution >= 0.6 is 0 Å². The maximum absolute atomic E-state index is 14.3. The topological polar surface area (TPSA) is 34.2 Å². The standard InChI is InChI=1S/C15H17FN2O/c1-10-6-4-8-12(18-10)15(17-2)11-7-5-9-13(19-3)14(11)16/h4-9,15,17H,1-3H3. The lowest BCUT2D eigenvalue weighted by Crippen LogP contribution is -2.20. The Morgan fingerprint density at radius 1 is 1.21 bits per heavy atom. The summed E-state index contributed by atoms with van der Waals surface area (Å²) < 4.78 is 19.3. The number of nitrogens with one attached hydrogen (secondary N) is 1. The second-order valence-electron chi connectivity index (χ2n) is 4.29. The van der Waals surface area contributed by atoms with E-state index < -0.39 is 0 Å². The molecule has 0 saturated carbocycles. The Morgan fingerprint density at radius 2 is 1.95 bits per heavy atom. The van der Waals surface area contributed by atoms with Crippen molar-refractivity contribution in [1.82, 2.24) is 10.3 Å². The molecule has 1 N–H and O–H groups in total. The molecule has 2 aromatic rings. The molecule has 4 heteroatoms. The van der Waals surface area contributed by atoms with Gasteiger partial charge in [0.1, 0.15) is 0 Å². The molecule has 0 bridgehead atoms. The Kier molecular flexibility index (Phi) is 4.12. The SMILES string of the molecule is CNC(c1cccc(C)n1)c1cccc(OC)c1F. The van der Waals surface area contributed by atoms with E-state index in [1.165, 1.54) is 7.11 Å². The quantitative estimate of drug-likeness (QED) is 0.918. The molecule has 0 fully saturated rings. The number of rotatable bonds is 4. The predicted octanol–water partition coefficient (Wildman–Crippen LogP) is 2.85. The van der Waals surface area contributed by atoms with Crippen LogP contribution in [0, 0.1) is 12.7 Å². The van der Waals surface area contributed by atoms with Crippen molar-refractivity contribution < 1.29 is 9.13 Å². The van der Waals surface area contributed by atoms with Crippen LogP contribution in [0.3, 0.4) is 0 Å². The van der Waals surface area contributed by atoms with Crippen molar-refractivity contribution in [3.8, 4) is 5.75 Å². The minimum absolute atomic E-state index is 0.241. The maximum atomic E-state index is 14.3. The molecule has 0 amide bonds. The molecule has 19 heavy (non-hydrogen) atoms. The number of nitrogens with zero attached hydrogens (tertiary/aromatic N) is 1. The van der Waals surface area contributed by atoms with Crippen LogP contribution in [0.2, 0.25) is 0 Å². The summed E-state index contributed by atoms with van der Waals surface area (Å²) in [7, 11) is 3.25. The fraction of sp³-hybridized carbons (Fsp3) is 0.267.